The Hall–Kier alpha value is -2.96. The first-order valence-corrected chi connectivity index (χ1v) is 10.5. The summed E-state index contributed by atoms with van der Waals surface area (Å²) in [5, 5.41) is 3.18. The SMILES string of the molecule is CC[C@H](C)OC(=O)C1=C(C)NC2=C(C(=O)[C@H](C(=O)OC)[C@H](C)C2)[C@H]1c1cccc(F)c1. The minimum Gasteiger partial charge on any atom is -0.468 e. The van der Waals surface area contributed by atoms with E-state index in [0.717, 1.165) is 0 Å². The summed E-state index contributed by atoms with van der Waals surface area (Å²) in [6, 6.07) is 5.82. The number of hydrogen-bond donors (Lipinski definition) is 1. The highest BCUT2D eigenvalue weighted by Gasteiger charge is 2.47. The highest BCUT2D eigenvalue weighted by atomic mass is 19.1. The van der Waals surface area contributed by atoms with Gasteiger partial charge in [-0.25, -0.2) is 9.18 Å². The van der Waals surface area contributed by atoms with E-state index in [4.69, 9.17) is 9.47 Å². The molecule has 6 nitrogen and oxygen atoms in total. The number of carbonyl (C=O) groups excluding carboxylic acids is 3. The van der Waals surface area contributed by atoms with Gasteiger partial charge in [-0.1, -0.05) is 26.0 Å². The summed E-state index contributed by atoms with van der Waals surface area (Å²) < 4.78 is 24.6. The smallest absolute Gasteiger partial charge is 0.337 e. The Morgan fingerprint density at radius 2 is 2.03 bits per heavy atom. The summed E-state index contributed by atoms with van der Waals surface area (Å²) in [5.74, 6) is -4.17. The molecule has 1 aromatic carbocycles. The number of allylic oxidation sites excluding steroid dienone is 3. The number of nitrogens with one attached hydrogen (secondary N) is 1. The molecule has 2 aliphatic rings. The summed E-state index contributed by atoms with van der Waals surface area (Å²) in [4.78, 5) is 39.0. The van der Waals surface area contributed by atoms with Gasteiger partial charge in [0.2, 0.25) is 0 Å². The Balaban J connectivity index is 2.17. The molecule has 0 bridgehead atoms. The molecule has 0 unspecified atom stereocenters. The lowest BCUT2D eigenvalue weighted by molar-refractivity contribution is -0.151. The molecule has 3 rings (SSSR count). The second kappa shape index (κ2) is 9.04. The van der Waals surface area contributed by atoms with Crippen molar-refractivity contribution < 1.29 is 28.2 Å². The second-order valence-corrected chi connectivity index (χ2v) is 8.21. The minimum absolute atomic E-state index is 0.246. The van der Waals surface area contributed by atoms with Gasteiger partial charge in [-0.3, -0.25) is 9.59 Å². The maximum atomic E-state index is 14.1. The molecular weight excluding hydrogens is 401 g/mol. The van der Waals surface area contributed by atoms with E-state index in [1.165, 1.54) is 25.3 Å². The van der Waals surface area contributed by atoms with Crippen molar-refractivity contribution >= 4 is 17.7 Å². The average molecular weight is 429 g/mol. The number of halogens is 1. The molecule has 0 spiro atoms. The van der Waals surface area contributed by atoms with Gasteiger partial charge in [-0.2, -0.15) is 0 Å². The molecule has 0 amide bonds. The van der Waals surface area contributed by atoms with Crippen LogP contribution in [0, 0.1) is 17.7 Å². The third kappa shape index (κ3) is 4.27. The van der Waals surface area contributed by atoms with E-state index in [9.17, 15) is 18.8 Å². The van der Waals surface area contributed by atoms with Crippen LogP contribution in [0.25, 0.3) is 0 Å². The number of carbonyl (C=O) groups is 3. The maximum Gasteiger partial charge on any atom is 0.337 e. The second-order valence-electron chi connectivity index (χ2n) is 8.21. The van der Waals surface area contributed by atoms with Crippen LogP contribution in [0.3, 0.4) is 0 Å². The van der Waals surface area contributed by atoms with Crippen LogP contribution in [-0.4, -0.2) is 30.9 Å². The molecule has 1 aliphatic heterocycles. The van der Waals surface area contributed by atoms with Crippen LogP contribution in [0.15, 0.2) is 46.8 Å². The molecule has 0 aromatic heterocycles. The lowest BCUT2D eigenvalue weighted by atomic mass is 9.69. The summed E-state index contributed by atoms with van der Waals surface area (Å²) in [7, 11) is 1.24. The zero-order chi connectivity index (χ0) is 22.9. The highest BCUT2D eigenvalue weighted by Crippen LogP contribution is 2.45. The fourth-order valence-corrected chi connectivity index (χ4v) is 4.30. The lowest BCUT2D eigenvalue weighted by Crippen LogP contribution is -2.43. The number of Topliss-reactive ketones (excluding diaryl/α,β-unsaturated/α-hetero) is 1. The molecule has 4 atom stereocenters. The van der Waals surface area contributed by atoms with Gasteiger partial charge in [0, 0.05) is 22.9 Å². The Bertz CT molecular complexity index is 980. The van der Waals surface area contributed by atoms with Crippen molar-refractivity contribution in [2.45, 2.75) is 52.6 Å². The molecule has 1 heterocycles. The number of dihydropyridines is 1. The van der Waals surface area contributed by atoms with Crippen LogP contribution in [0.5, 0.6) is 0 Å². The van der Waals surface area contributed by atoms with E-state index in [0.29, 0.717) is 35.4 Å². The topological polar surface area (TPSA) is 81.7 Å². The van der Waals surface area contributed by atoms with Crippen molar-refractivity contribution in [3.63, 3.8) is 0 Å². The lowest BCUT2D eigenvalue weighted by Gasteiger charge is -2.38. The van der Waals surface area contributed by atoms with Gasteiger partial charge in [-0.05, 0) is 50.3 Å². The molecule has 31 heavy (non-hydrogen) atoms. The van der Waals surface area contributed by atoms with Gasteiger partial charge in [0.05, 0.1) is 18.8 Å². The van der Waals surface area contributed by atoms with Gasteiger partial charge in [-0.15, -0.1) is 0 Å². The molecule has 7 heteroatoms. The molecule has 0 saturated heterocycles. The Kier molecular flexibility index (Phi) is 6.62. The third-order valence-electron chi connectivity index (χ3n) is 6.03. The summed E-state index contributed by atoms with van der Waals surface area (Å²) in [6.07, 6.45) is 0.740. The number of ether oxygens (including phenoxy) is 2. The van der Waals surface area contributed by atoms with Gasteiger partial charge in [0.25, 0.3) is 0 Å². The summed E-state index contributed by atoms with van der Waals surface area (Å²) in [5.41, 5.74) is 2.19. The van der Waals surface area contributed by atoms with Crippen molar-refractivity contribution in [3.05, 3.63) is 58.2 Å². The highest BCUT2D eigenvalue weighted by molar-refractivity contribution is 6.12. The first kappa shape index (κ1) is 22.7. The molecule has 0 fully saturated rings. The van der Waals surface area contributed by atoms with E-state index < -0.39 is 35.4 Å². The molecule has 0 saturated carbocycles. The number of methoxy groups -OCH3 is 1. The number of esters is 2. The van der Waals surface area contributed by atoms with Crippen LogP contribution in [0.4, 0.5) is 4.39 Å². The maximum absolute atomic E-state index is 14.1. The van der Waals surface area contributed by atoms with Crippen LogP contribution in [-0.2, 0) is 23.9 Å². The zero-order valence-electron chi connectivity index (χ0n) is 18.5. The quantitative estimate of drug-likeness (QED) is 0.567. The number of benzene rings is 1. The number of ketones is 1. The Morgan fingerprint density at radius 3 is 2.65 bits per heavy atom. The average Bonchev–Trinajstić information content (AvgIpc) is 2.72. The van der Waals surface area contributed by atoms with Crippen molar-refractivity contribution in [1.82, 2.24) is 5.32 Å². The normalized spacial score (nSPS) is 24.3. The largest absolute Gasteiger partial charge is 0.468 e. The molecule has 0 radical (unpaired) electrons. The third-order valence-corrected chi connectivity index (χ3v) is 6.03. The van der Waals surface area contributed by atoms with E-state index in [1.807, 2.05) is 13.8 Å². The van der Waals surface area contributed by atoms with Crippen LogP contribution < -0.4 is 5.32 Å². The number of hydrogen-bond acceptors (Lipinski definition) is 6. The molecule has 1 aromatic rings. The predicted molar refractivity (Wildman–Crippen MR) is 112 cm³/mol. The molecule has 1 N–H and O–H groups in total. The predicted octanol–water partition coefficient (Wildman–Crippen LogP) is 3.78. The van der Waals surface area contributed by atoms with Crippen molar-refractivity contribution in [1.29, 1.82) is 0 Å². The summed E-state index contributed by atoms with van der Waals surface area (Å²) in [6.45, 7) is 7.24. The molecule has 166 valence electrons. The zero-order valence-corrected chi connectivity index (χ0v) is 18.5. The van der Waals surface area contributed by atoms with Crippen LogP contribution in [0.2, 0.25) is 0 Å². The van der Waals surface area contributed by atoms with Crippen molar-refractivity contribution in [2.24, 2.45) is 11.8 Å². The molecule has 1 aliphatic carbocycles. The van der Waals surface area contributed by atoms with Gasteiger partial charge < -0.3 is 14.8 Å². The summed E-state index contributed by atoms with van der Waals surface area (Å²) >= 11 is 0. The number of rotatable bonds is 5. The van der Waals surface area contributed by atoms with Crippen LogP contribution in [0.1, 0.15) is 52.0 Å². The fraction of sp³-hybridized carbons (Fsp3) is 0.458. The van der Waals surface area contributed by atoms with Crippen molar-refractivity contribution in [3.8, 4) is 0 Å². The van der Waals surface area contributed by atoms with Gasteiger partial charge in [0.1, 0.15) is 11.7 Å². The first-order chi connectivity index (χ1) is 14.7. The van der Waals surface area contributed by atoms with E-state index >= 15 is 0 Å². The monoisotopic (exact) mass is 429 g/mol. The minimum atomic E-state index is -0.980. The van der Waals surface area contributed by atoms with Gasteiger partial charge in [0.15, 0.2) is 5.78 Å². The Morgan fingerprint density at radius 1 is 1.32 bits per heavy atom. The van der Waals surface area contributed by atoms with E-state index in [1.54, 1.807) is 19.9 Å². The van der Waals surface area contributed by atoms with Crippen LogP contribution >= 0.6 is 0 Å². The Labute approximate surface area is 181 Å². The fourth-order valence-electron chi connectivity index (χ4n) is 4.30. The van der Waals surface area contributed by atoms with Gasteiger partial charge >= 0.3 is 11.9 Å². The van der Waals surface area contributed by atoms with E-state index in [-0.39, 0.29) is 17.6 Å². The molecular formula is C24H28FNO5. The standard InChI is InChI=1S/C24H28FNO5/c1-6-13(3)31-24(29)19-14(4)26-17-10-12(2)18(23(28)30-5)22(27)21(17)20(19)15-8-7-9-16(25)11-15/h7-9,11-13,18,20,26H,6,10H2,1-5H3/t12-,13+,18-,20+/m1/s1. The van der Waals surface area contributed by atoms with E-state index in [2.05, 4.69) is 5.32 Å². The first-order valence-electron chi connectivity index (χ1n) is 10.5. The van der Waals surface area contributed by atoms with Crippen molar-refractivity contribution in [2.75, 3.05) is 7.11 Å².